The van der Waals surface area contributed by atoms with E-state index in [9.17, 15) is 18.0 Å². The van der Waals surface area contributed by atoms with E-state index in [-0.39, 0.29) is 40.7 Å². The first-order valence-corrected chi connectivity index (χ1v) is 16.2. The lowest BCUT2D eigenvalue weighted by atomic mass is 10.1. The molecule has 3 aromatic carbocycles. The van der Waals surface area contributed by atoms with E-state index in [4.69, 9.17) is 55.6 Å². The Hall–Kier alpha value is -3.57. The van der Waals surface area contributed by atoms with Gasteiger partial charge in [-0.15, -0.1) is 0 Å². The molecule has 13 heteroatoms. The first kappa shape index (κ1) is 32.8. The lowest BCUT2D eigenvalue weighted by Gasteiger charge is -2.21. The molecule has 232 valence electrons. The molecule has 0 radical (unpaired) electrons. The molecule has 1 aliphatic heterocycles. The minimum Gasteiger partial charge on any atom is -0.465 e. The molecule has 0 saturated heterocycles. The number of carbonyl (C=O) groups excluding carboxylic acids is 2. The molecule has 45 heavy (non-hydrogen) atoms. The number of benzene rings is 3. The van der Waals surface area contributed by atoms with Gasteiger partial charge in [-0.1, -0.05) is 58.5 Å². The SMILES string of the molecule is COC(=O)C1=C(C)N(c2cc(Cl)cc(Cl)c2)C(=O)/C1=C/c1ccc(CN(Cc2ccc(Cl)cc2)S(=O)(=O)c2ccc(Cl)cc2)o1. The molecule has 1 amide bonds. The number of furan rings is 1. The van der Waals surface area contributed by atoms with E-state index in [0.717, 1.165) is 0 Å². The number of carbonyl (C=O) groups is 2. The van der Waals surface area contributed by atoms with Gasteiger partial charge in [0.2, 0.25) is 10.0 Å². The van der Waals surface area contributed by atoms with E-state index >= 15 is 0 Å². The molecule has 8 nitrogen and oxygen atoms in total. The number of anilines is 1. The first-order valence-electron chi connectivity index (χ1n) is 13.3. The molecular formula is C32H24Cl4N2O6S. The zero-order valence-electron chi connectivity index (χ0n) is 23.8. The predicted molar refractivity (Wildman–Crippen MR) is 175 cm³/mol. The van der Waals surface area contributed by atoms with Crippen molar-refractivity contribution < 1.29 is 27.2 Å². The van der Waals surface area contributed by atoms with Crippen molar-refractivity contribution in [2.24, 2.45) is 0 Å². The predicted octanol–water partition coefficient (Wildman–Crippen LogP) is 8.16. The molecular weight excluding hydrogens is 682 g/mol. The van der Waals surface area contributed by atoms with Gasteiger partial charge < -0.3 is 9.15 Å². The van der Waals surface area contributed by atoms with Crippen molar-refractivity contribution in [2.75, 3.05) is 12.0 Å². The molecule has 0 fully saturated rings. The molecule has 0 atom stereocenters. The van der Waals surface area contributed by atoms with Crippen molar-refractivity contribution in [2.45, 2.75) is 24.9 Å². The molecule has 1 aromatic heterocycles. The normalized spacial score (nSPS) is 14.6. The Morgan fingerprint density at radius 1 is 0.867 bits per heavy atom. The number of allylic oxidation sites excluding steroid dienone is 1. The quantitative estimate of drug-likeness (QED) is 0.129. The highest BCUT2D eigenvalue weighted by Crippen LogP contribution is 2.38. The van der Waals surface area contributed by atoms with Crippen LogP contribution in [0.5, 0.6) is 0 Å². The molecule has 0 aliphatic carbocycles. The number of halogens is 4. The summed E-state index contributed by atoms with van der Waals surface area (Å²) in [5.41, 5.74) is 1.43. The van der Waals surface area contributed by atoms with Crippen LogP contribution in [0.4, 0.5) is 5.69 Å². The van der Waals surface area contributed by atoms with Crippen molar-refractivity contribution in [1.82, 2.24) is 4.31 Å². The van der Waals surface area contributed by atoms with E-state index in [0.29, 0.717) is 37.0 Å². The van der Waals surface area contributed by atoms with E-state index in [1.54, 1.807) is 55.5 Å². The van der Waals surface area contributed by atoms with Gasteiger partial charge in [-0.2, -0.15) is 4.31 Å². The molecule has 4 aromatic rings. The Bertz CT molecular complexity index is 1930. The van der Waals surface area contributed by atoms with Crippen LogP contribution < -0.4 is 4.90 Å². The summed E-state index contributed by atoms with van der Waals surface area (Å²) in [6.07, 6.45) is 1.41. The standard InChI is InChI=1S/C32H24Cl4N2O6S/c1-19-30(32(40)43-2)29(31(39)38(19)25-14-23(35)13-24(36)15-25)16-26-9-10-27(44-26)18-37(17-20-3-5-21(33)6-4-20)45(41,42)28-11-7-22(34)8-12-28/h3-16H,17-18H2,1-2H3/b29-16+. The molecule has 0 unspecified atom stereocenters. The van der Waals surface area contributed by atoms with Crippen LogP contribution in [0.3, 0.4) is 0 Å². The molecule has 1 aliphatic rings. The maximum atomic E-state index is 13.7. The molecule has 0 saturated carbocycles. The maximum absolute atomic E-state index is 13.7. The number of sulfonamides is 1. The minimum absolute atomic E-state index is 0.0168. The number of methoxy groups -OCH3 is 1. The fourth-order valence-electron chi connectivity index (χ4n) is 4.81. The third-order valence-electron chi connectivity index (χ3n) is 6.92. The average molecular weight is 706 g/mol. The van der Waals surface area contributed by atoms with Crippen molar-refractivity contribution in [3.05, 3.63) is 133 Å². The van der Waals surface area contributed by atoms with Crippen molar-refractivity contribution in [1.29, 1.82) is 0 Å². The molecule has 2 heterocycles. The molecule has 0 N–H and O–H groups in total. The largest absolute Gasteiger partial charge is 0.465 e. The van der Waals surface area contributed by atoms with Gasteiger partial charge in [0.05, 0.1) is 35.4 Å². The summed E-state index contributed by atoms with van der Waals surface area (Å²) in [5.74, 6) is -0.752. The van der Waals surface area contributed by atoms with E-state index in [1.165, 1.54) is 52.7 Å². The zero-order chi connectivity index (χ0) is 32.5. The number of amides is 1. The summed E-state index contributed by atoms with van der Waals surface area (Å²) in [6.45, 7) is 1.48. The van der Waals surface area contributed by atoms with E-state index < -0.39 is 21.9 Å². The van der Waals surface area contributed by atoms with Gasteiger partial charge in [0.15, 0.2) is 0 Å². The second kappa shape index (κ2) is 13.4. The Morgan fingerprint density at radius 3 is 2.07 bits per heavy atom. The summed E-state index contributed by atoms with van der Waals surface area (Å²) in [5, 5.41) is 1.53. The Morgan fingerprint density at radius 2 is 1.47 bits per heavy atom. The van der Waals surface area contributed by atoms with E-state index in [1.807, 2.05) is 0 Å². The van der Waals surface area contributed by atoms with Crippen LogP contribution in [0.25, 0.3) is 6.08 Å². The highest BCUT2D eigenvalue weighted by Gasteiger charge is 2.38. The fourth-order valence-corrected chi connectivity index (χ4v) is 6.97. The summed E-state index contributed by atoms with van der Waals surface area (Å²) in [7, 11) is -2.79. The van der Waals surface area contributed by atoms with Gasteiger partial charge in [-0.3, -0.25) is 9.69 Å². The minimum atomic E-state index is -4.01. The van der Waals surface area contributed by atoms with Crippen molar-refractivity contribution >= 4 is 80.1 Å². The zero-order valence-corrected chi connectivity index (χ0v) is 27.6. The van der Waals surface area contributed by atoms with E-state index in [2.05, 4.69) is 0 Å². The number of hydrogen-bond donors (Lipinski definition) is 0. The third kappa shape index (κ3) is 7.14. The van der Waals surface area contributed by atoms with Crippen molar-refractivity contribution in [3.8, 4) is 0 Å². The number of rotatable bonds is 9. The molecule has 0 spiro atoms. The number of nitrogens with zero attached hydrogens (tertiary/aromatic N) is 2. The second-order valence-corrected chi connectivity index (χ2v) is 13.6. The van der Waals surface area contributed by atoms with Gasteiger partial charge >= 0.3 is 5.97 Å². The third-order valence-corrected chi connectivity index (χ3v) is 9.67. The maximum Gasteiger partial charge on any atom is 0.340 e. The smallest absolute Gasteiger partial charge is 0.340 e. The molecule has 0 bridgehead atoms. The Kier molecular flexibility index (Phi) is 9.79. The number of ether oxygens (including phenoxy) is 1. The summed E-state index contributed by atoms with van der Waals surface area (Å²) < 4.78 is 39.7. The Labute approximate surface area is 280 Å². The highest BCUT2D eigenvalue weighted by molar-refractivity contribution is 7.89. The molecule has 5 rings (SSSR count). The van der Waals surface area contributed by atoms with Crippen LogP contribution in [0.2, 0.25) is 20.1 Å². The lowest BCUT2D eigenvalue weighted by Crippen LogP contribution is -2.30. The first-order chi connectivity index (χ1) is 21.4. The van der Waals surface area contributed by atoms with Crippen LogP contribution in [0, 0.1) is 0 Å². The van der Waals surface area contributed by atoms with Gasteiger partial charge in [0, 0.05) is 32.3 Å². The van der Waals surface area contributed by atoms with Gasteiger partial charge in [-0.25, -0.2) is 13.2 Å². The van der Waals surface area contributed by atoms with Crippen LogP contribution in [0.15, 0.2) is 105 Å². The summed E-state index contributed by atoms with van der Waals surface area (Å²) in [4.78, 5) is 27.9. The van der Waals surface area contributed by atoms with Crippen molar-refractivity contribution in [3.63, 3.8) is 0 Å². The van der Waals surface area contributed by atoms with Gasteiger partial charge in [-0.05, 0) is 85.3 Å². The van der Waals surface area contributed by atoms with Gasteiger partial charge in [0.1, 0.15) is 11.5 Å². The summed E-state index contributed by atoms with van der Waals surface area (Å²) in [6, 6.07) is 20.5. The Balaban J connectivity index is 1.49. The number of hydrogen-bond acceptors (Lipinski definition) is 6. The second-order valence-electron chi connectivity index (χ2n) is 9.94. The lowest BCUT2D eigenvalue weighted by molar-refractivity contribution is -0.136. The summed E-state index contributed by atoms with van der Waals surface area (Å²) >= 11 is 24.4. The van der Waals surface area contributed by atoms with Crippen LogP contribution in [-0.2, 0) is 37.4 Å². The monoisotopic (exact) mass is 704 g/mol. The van der Waals surface area contributed by atoms with Crippen LogP contribution in [0.1, 0.15) is 24.0 Å². The van der Waals surface area contributed by atoms with Crippen LogP contribution >= 0.6 is 46.4 Å². The van der Waals surface area contributed by atoms with Crippen LogP contribution in [-0.4, -0.2) is 31.7 Å². The fraction of sp³-hybridized carbons (Fsp3) is 0.125. The topological polar surface area (TPSA) is 97.1 Å². The number of esters is 1. The highest BCUT2D eigenvalue weighted by atomic mass is 35.5. The average Bonchev–Trinajstić information content (AvgIpc) is 3.53. The van der Waals surface area contributed by atoms with Gasteiger partial charge in [0.25, 0.3) is 5.91 Å².